The van der Waals surface area contributed by atoms with Gasteiger partial charge in [0.25, 0.3) is 0 Å². The minimum atomic E-state index is -0.0703. The molecule has 7 heteroatoms. The first kappa shape index (κ1) is 20.9. The van der Waals surface area contributed by atoms with Crippen LogP contribution in [0, 0.1) is 0 Å². The van der Waals surface area contributed by atoms with E-state index in [1.165, 1.54) is 19.3 Å². The fraction of sp³-hybridized carbons (Fsp3) is 0.857. The first-order chi connectivity index (χ1) is 13.6. The van der Waals surface area contributed by atoms with Gasteiger partial charge in [-0.05, 0) is 38.5 Å². The van der Waals surface area contributed by atoms with Crippen molar-refractivity contribution in [1.29, 1.82) is 0 Å². The Bertz CT molecular complexity index is 540. The average Bonchev–Trinajstić information content (AvgIpc) is 2.69. The number of piperidine rings is 1. The van der Waals surface area contributed by atoms with Crippen molar-refractivity contribution >= 4 is 17.8 Å². The van der Waals surface area contributed by atoms with Gasteiger partial charge in [-0.2, -0.15) is 0 Å². The number of hydrogen-bond donors (Lipinski definition) is 2. The van der Waals surface area contributed by atoms with Gasteiger partial charge in [-0.3, -0.25) is 9.59 Å². The van der Waals surface area contributed by atoms with Gasteiger partial charge >= 0.3 is 6.03 Å². The van der Waals surface area contributed by atoms with Gasteiger partial charge in [0, 0.05) is 38.1 Å². The summed E-state index contributed by atoms with van der Waals surface area (Å²) in [5, 5.41) is 6.24. The van der Waals surface area contributed by atoms with Crippen molar-refractivity contribution in [2.45, 2.75) is 89.1 Å². The Balaban J connectivity index is 1.36. The topological polar surface area (TPSA) is 81.8 Å². The van der Waals surface area contributed by atoms with Crippen LogP contribution in [0.25, 0.3) is 0 Å². The number of hydrogen-bond acceptors (Lipinski definition) is 3. The lowest BCUT2D eigenvalue weighted by Crippen LogP contribution is -2.52. The second-order valence-corrected chi connectivity index (χ2v) is 8.59. The standard InChI is InChI=1S/C21H36N4O3/c26-19(16-25-13-7-2-1-6-10-20(25)27)22-18-11-14-24(15-12-18)21(28)23-17-8-4-3-5-9-17/h17-18H,1-16H2,(H,22,26)(H,23,28). The maximum absolute atomic E-state index is 12.4. The van der Waals surface area contributed by atoms with Gasteiger partial charge < -0.3 is 20.4 Å². The molecule has 0 aromatic heterocycles. The molecule has 3 rings (SSSR count). The normalized spacial score (nSPS) is 23.1. The second-order valence-electron chi connectivity index (χ2n) is 8.59. The van der Waals surface area contributed by atoms with Crippen LogP contribution in [-0.4, -0.2) is 65.9 Å². The number of carbonyl (C=O) groups excluding carboxylic acids is 3. The monoisotopic (exact) mass is 392 g/mol. The fourth-order valence-electron chi connectivity index (χ4n) is 4.57. The Labute approximate surface area is 168 Å². The van der Waals surface area contributed by atoms with E-state index in [-0.39, 0.29) is 30.4 Å². The van der Waals surface area contributed by atoms with E-state index in [1.807, 2.05) is 4.90 Å². The molecule has 0 unspecified atom stereocenters. The van der Waals surface area contributed by atoms with Crippen molar-refractivity contribution in [1.82, 2.24) is 20.4 Å². The molecule has 4 amide bonds. The van der Waals surface area contributed by atoms with E-state index in [0.717, 1.165) is 51.4 Å². The zero-order chi connectivity index (χ0) is 19.8. The van der Waals surface area contributed by atoms with E-state index in [4.69, 9.17) is 0 Å². The summed E-state index contributed by atoms with van der Waals surface area (Å²) < 4.78 is 0. The second kappa shape index (κ2) is 10.7. The first-order valence-electron chi connectivity index (χ1n) is 11.2. The van der Waals surface area contributed by atoms with Crippen molar-refractivity contribution < 1.29 is 14.4 Å². The number of amides is 4. The molecular formula is C21H36N4O3. The minimum Gasteiger partial charge on any atom is -0.352 e. The predicted octanol–water partition coefficient (Wildman–Crippen LogP) is 2.40. The minimum absolute atomic E-state index is 0.0444. The van der Waals surface area contributed by atoms with Gasteiger partial charge in [0.1, 0.15) is 0 Å². The van der Waals surface area contributed by atoms with E-state index < -0.39 is 0 Å². The van der Waals surface area contributed by atoms with Crippen molar-refractivity contribution in [3.05, 3.63) is 0 Å². The van der Waals surface area contributed by atoms with Crippen molar-refractivity contribution in [2.75, 3.05) is 26.2 Å². The summed E-state index contributed by atoms with van der Waals surface area (Å²) in [6.45, 7) is 2.20. The van der Waals surface area contributed by atoms with Crippen LogP contribution in [0.5, 0.6) is 0 Å². The molecule has 1 aliphatic carbocycles. The lowest BCUT2D eigenvalue weighted by atomic mass is 9.95. The summed E-state index contributed by atoms with van der Waals surface area (Å²) >= 11 is 0. The molecule has 1 saturated carbocycles. The van der Waals surface area contributed by atoms with E-state index in [2.05, 4.69) is 10.6 Å². The van der Waals surface area contributed by atoms with Gasteiger partial charge in [0.05, 0.1) is 6.54 Å². The smallest absolute Gasteiger partial charge is 0.317 e. The van der Waals surface area contributed by atoms with E-state index in [1.54, 1.807) is 4.90 Å². The molecular weight excluding hydrogens is 356 g/mol. The molecule has 3 aliphatic rings. The maximum atomic E-state index is 12.4. The summed E-state index contributed by atoms with van der Waals surface area (Å²) in [5.74, 6) is 0.0306. The van der Waals surface area contributed by atoms with E-state index in [9.17, 15) is 14.4 Å². The van der Waals surface area contributed by atoms with E-state index >= 15 is 0 Å². The predicted molar refractivity (Wildman–Crippen MR) is 108 cm³/mol. The molecule has 2 heterocycles. The van der Waals surface area contributed by atoms with Crippen LogP contribution in [0.1, 0.15) is 77.0 Å². The third-order valence-corrected chi connectivity index (χ3v) is 6.34. The third-order valence-electron chi connectivity index (χ3n) is 6.34. The highest BCUT2D eigenvalue weighted by Gasteiger charge is 2.26. The summed E-state index contributed by atoms with van der Waals surface area (Å²) in [6, 6.07) is 0.466. The summed E-state index contributed by atoms with van der Waals surface area (Å²) in [4.78, 5) is 40.6. The molecule has 0 bridgehead atoms. The zero-order valence-electron chi connectivity index (χ0n) is 17.1. The van der Waals surface area contributed by atoms with Crippen LogP contribution < -0.4 is 10.6 Å². The van der Waals surface area contributed by atoms with Crippen molar-refractivity contribution in [2.24, 2.45) is 0 Å². The zero-order valence-corrected chi connectivity index (χ0v) is 17.1. The third kappa shape index (κ3) is 6.38. The Morgan fingerprint density at radius 3 is 2.18 bits per heavy atom. The lowest BCUT2D eigenvalue weighted by molar-refractivity contribution is -0.136. The van der Waals surface area contributed by atoms with Gasteiger partial charge in [-0.25, -0.2) is 4.79 Å². The molecule has 158 valence electrons. The molecule has 7 nitrogen and oxygen atoms in total. The number of carbonyl (C=O) groups is 3. The first-order valence-corrected chi connectivity index (χ1v) is 11.2. The number of urea groups is 1. The molecule has 2 saturated heterocycles. The Kier molecular flexibility index (Phi) is 7.98. The van der Waals surface area contributed by atoms with Crippen LogP contribution in [0.15, 0.2) is 0 Å². The van der Waals surface area contributed by atoms with Crippen LogP contribution >= 0.6 is 0 Å². The lowest BCUT2D eigenvalue weighted by Gasteiger charge is -2.34. The quantitative estimate of drug-likeness (QED) is 0.771. The molecule has 0 atom stereocenters. The molecule has 0 spiro atoms. The van der Waals surface area contributed by atoms with Crippen LogP contribution in [0.4, 0.5) is 4.79 Å². The molecule has 0 aromatic carbocycles. The van der Waals surface area contributed by atoms with Crippen LogP contribution in [-0.2, 0) is 9.59 Å². The Morgan fingerprint density at radius 1 is 0.786 bits per heavy atom. The highest BCUT2D eigenvalue weighted by atomic mass is 16.2. The largest absolute Gasteiger partial charge is 0.352 e. The van der Waals surface area contributed by atoms with Crippen LogP contribution in [0.2, 0.25) is 0 Å². The van der Waals surface area contributed by atoms with Crippen LogP contribution in [0.3, 0.4) is 0 Å². The SMILES string of the molecule is O=C(CN1CCCCCCC1=O)NC1CCN(C(=O)NC2CCCCC2)CC1. The Morgan fingerprint density at radius 2 is 1.43 bits per heavy atom. The number of nitrogens with one attached hydrogen (secondary N) is 2. The summed E-state index contributed by atoms with van der Waals surface area (Å²) in [6.07, 6.45) is 12.1. The molecule has 2 aliphatic heterocycles. The number of nitrogens with zero attached hydrogens (tertiary/aromatic N) is 2. The number of likely N-dealkylation sites (tertiary alicyclic amines) is 2. The fourth-order valence-corrected chi connectivity index (χ4v) is 4.57. The molecule has 3 fully saturated rings. The average molecular weight is 393 g/mol. The molecule has 2 N–H and O–H groups in total. The van der Waals surface area contributed by atoms with Gasteiger partial charge in [-0.15, -0.1) is 0 Å². The number of rotatable bonds is 4. The highest BCUT2D eigenvalue weighted by Crippen LogP contribution is 2.18. The van der Waals surface area contributed by atoms with E-state index in [0.29, 0.717) is 32.1 Å². The summed E-state index contributed by atoms with van der Waals surface area (Å²) in [7, 11) is 0. The Hall–Kier alpha value is -1.79. The van der Waals surface area contributed by atoms with Gasteiger partial charge in [0.15, 0.2) is 0 Å². The van der Waals surface area contributed by atoms with Gasteiger partial charge in [-0.1, -0.05) is 32.1 Å². The molecule has 28 heavy (non-hydrogen) atoms. The summed E-state index contributed by atoms with van der Waals surface area (Å²) in [5.41, 5.74) is 0. The highest BCUT2D eigenvalue weighted by molar-refractivity contribution is 5.85. The molecule has 0 aromatic rings. The van der Waals surface area contributed by atoms with Gasteiger partial charge in [0.2, 0.25) is 11.8 Å². The van der Waals surface area contributed by atoms with Crippen molar-refractivity contribution in [3.63, 3.8) is 0 Å². The maximum Gasteiger partial charge on any atom is 0.317 e. The van der Waals surface area contributed by atoms with Crippen molar-refractivity contribution in [3.8, 4) is 0 Å². The molecule has 0 radical (unpaired) electrons.